The van der Waals surface area contributed by atoms with Gasteiger partial charge in [0.25, 0.3) is 5.91 Å². The summed E-state index contributed by atoms with van der Waals surface area (Å²) in [6.45, 7) is 1.69. The van der Waals surface area contributed by atoms with Gasteiger partial charge in [-0.3, -0.25) is 4.79 Å². The lowest BCUT2D eigenvalue weighted by molar-refractivity contribution is 0.0794. The summed E-state index contributed by atoms with van der Waals surface area (Å²) in [5, 5.41) is 3.21. The number of nitrogens with one attached hydrogen (secondary N) is 1. The first-order valence-corrected chi connectivity index (χ1v) is 6.53. The van der Waals surface area contributed by atoms with E-state index in [1.807, 2.05) is 24.1 Å². The van der Waals surface area contributed by atoms with Crippen molar-refractivity contribution in [3.05, 3.63) is 20.8 Å². The fourth-order valence-electron chi connectivity index (χ4n) is 1.77. The Morgan fingerprint density at radius 1 is 1.67 bits per heavy atom. The summed E-state index contributed by atoms with van der Waals surface area (Å²) in [6, 6.07) is 4.25. The molecule has 1 amide bonds. The maximum atomic E-state index is 12.0. The van der Waals surface area contributed by atoms with Gasteiger partial charge in [0.2, 0.25) is 0 Å². The zero-order valence-corrected chi connectivity index (χ0v) is 10.9. The number of carbonyl (C=O) groups is 1. The third-order valence-electron chi connectivity index (χ3n) is 2.67. The van der Waals surface area contributed by atoms with Gasteiger partial charge in [0.1, 0.15) is 0 Å². The van der Waals surface area contributed by atoms with Crippen molar-refractivity contribution in [2.24, 2.45) is 0 Å². The van der Waals surface area contributed by atoms with E-state index in [-0.39, 0.29) is 5.91 Å². The zero-order valence-electron chi connectivity index (χ0n) is 8.50. The summed E-state index contributed by atoms with van der Waals surface area (Å²) < 4.78 is 1.01. The Kier molecular flexibility index (Phi) is 3.43. The van der Waals surface area contributed by atoms with Crippen molar-refractivity contribution in [3.63, 3.8) is 0 Å². The van der Waals surface area contributed by atoms with E-state index in [4.69, 9.17) is 0 Å². The lowest BCUT2D eigenvalue weighted by Crippen LogP contribution is -2.33. The van der Waals surface area contributed by atoms with Crippen molar-refractivity contribution < 1.29 is 4.79 Å². The average molecular weight is 289 g/mol. The summed E-state index contributed by atoms with van der Waals surface area (Å²) in [5.41, 5.74) is 0. The van der Waals surface area contributed by atoms with Crippen LogP contribution in [0, 0.1) is 0 Å². The predicted molar refractivity (Wildman–Crippen MR) is 65.4 cm³/mol. The van der Waals surface area contributed by atoms with Gasteiger partial charge in [0, 0.05) is 19.1 Å². The SMILES string of the molecule is CNC1CCN(C(=O)c2ccc(Br)s2)C1. The van der Waals surface area contributed by atoms with Gasteiger partial charge in [0.15, 0.2) is 0 Å². The van der Waals surface area contributed by atoms with Crippen LogP contribution in [0.15, 0.2) is 15.9 Å². The number of amides is 1. The molecule has 1 saturated heterocycles. The molecule has 5 heteroatoms. The number of likely N-dealkylation sites (N-methyl/N-ethyl adjacent to an activating group) is 1. The minimum absolute atomic E-state index is 0.156. The van der Waals surface area contributed by atoms with E-state index < -0.39 is 0 Å². The third-order valence-corrected chi connectivity index (χ3v) is 4.28. The van der Waals surface area contributed by atoms with Crippen molar-refractivity contribution in [3.8, 4) is 0 Å². The maximum absolute atomic E-state index is 12.0. The topological polar surface area (TPSA) is 32.3 Å². The van der Waals surface area contributed by atoms with Crippen molar-refractivity contribution in [2.75, 3.05) is 20.1 Å². The molecule has 0 radical (unpaired) electrons. The predicted octanol–water partition coefficient (Wildman–Crippen LogP) is 1.94. The van der Waals surface area contributed by atoms with Gasteiger partial charge in [-0.05, 0) is 41.5 Å². The largest absolute Gasteiger partial charge is 0.336 e. The first kappa shape index (κ1) is 11.1. The molecule has 1 unspecified atom stereocenters. The molecule has 2 heterocycles. The average Bonchev–Trinajstić information content (AvgIpc) is 2.84. The number of rotatable bonds is 2. The van der Waals surface area contributed by atoms with Crippen LogP contribution in [-0.2, 0) is 0 Å². The van der Waals surface area contributed by atoms with Gasteiger partial charge >= 0.3 is 0 Å². The molecular weight excluding hydrogens is 276 g/mol. The molecule has 0 spiro atoms. The highest BCUT2D eigenvalue weighted by Gasteiger charge is 2.26. The Morgan fingerprint density at radius 2 is 2.47 bits per heavy atom. The maximum Gasteiger partial charge on any atom is 0.264 e. The quantitative estimate of drug-likeness (QED) is 0.902. The Labute approximate surface area is 102 Å². The van der Waals surface area contributed by atoms with E-state index in [2.05, 4.69) is 21.2 Å². The standard InChI is InChI=1S/C10H13BrN2OS/c1-12-7-4-5-13(6-7)10(14)8-2-3-9(11)15-8/h2-3,7,12H,4-6H2,1H3. The molecular formula is C10H13BrN2OS. The Morgan fingerprint density at radius 3 is 3.00 bits per heavy atom. The Bertz CT molecular complexity index is 366. The molecule has 1 aromatic rings. The van der Waals surface area contributed by atoms with E-state index in [1.54, 1.807) is 0 Å². The highest BCUT2D eigenvalue weighted by Crippen LogP contribution is 2.24. The zero-order chi connectivity index (χ0) is 10.8. The normalized spacial score (nSPS) is 20.9. The van der Waals surface area contributed by atoms with Crippen LogP contribution in [0.1, 0.15) is 16.1 Å². The van der Waals surface area contributed by atoms with E-state index >= 15 is 0 Å². The Hall–Kier alpha value is -0.390. The summed E-state index contributed by atoms with van der Waals surface area (Å²) in [6.07, 6.45) is 1.05. The molecule has 82 valence electrons. The van der Waals surface area contributed by atoms with Gasteiger partial charge in [-0.15, -0.1) is 11.3 Å². The summed E-state index contributed by atoms with van der Waals surface area (Å²) in [4.78, 5) is 14.7. The van der Waals surface area contributed by atoms with Crippen LogP contribution in [0.2, 0.25) is 0 Å². The molecule has 1 aromatic heterocycles. The van der Waals surface area contributed by atoms with Gasteiger partial charge in [0.05, 0.1) is 8.66 Å². The second-order valence-electron chi connectivity index (χ2n) is 3.63. The first-order valence-electron chi connectivity index (χ1n) is 4.92. The molecule has 1 N–H and O–H groups in total. The van der Waals surface area contributed by atoms with Gasteiger partial charge in [-0.2, -0.15) is 0 Å². The van der Waals surface area contributed by atoms with Crippen molar-refractivity contribution >= 4 is 33.2 Å². The molecule has 0 aliphatic carbocycles. The number of nitrogens with zero attached hydrogens (tertiary/aromatic N) is 1. The highest BCUT2D eigenvalue weighted by molar-refractivity contribution is 9.11. The second kappa shape index (κ2) is 4.63. The number of hydrogen-bond donors (Lipinski definition) is 1. The number of halogens is 1. The minimum atomic E-state index is 0.156. The van der Waals surface area contributed by atoms with Crippen LogP contribution in [0.4, 0.5) is 0 Å². The molecule has 1 atom stereocenters. The number of hydrogen-bond acceptors (Lipinski definition) is 3. The lowest BCUT2D eigenvalue weighted by Gasteiger charge is -2.15. The van der Waals surface area contributed by atoms with Crippen LogP contribution >= 0.6 is 27.3 Å². The lowest BCUT2D eigenvalue weighted by atomic mass is 10.3. The van der Waals surface area contributed by atoms with Crippen molar-refractivity contribution in [2.45, 2.75) is 12.5 Å². The van der Waals surface area contributed by atoms with Crippen LogP contribution in [-0.4, -0.2) is 37.0 Å². The van der Waals surface area contributed by atoms with Crippen LogP contribution in [0.25, 0.3) is 0 Å². The minimum Gasteiger partial charge on any atom is -0.336 e. The number of likely N-dealkylation sites (tertiary alicyclic amines) is 1. The number of carbonyl (C=O) groups excluding carboxylic acids is 1. The van der Waals surface area contributed by atoms with E-state index in [0.717, 1.165) is 28.2 Å². The molecule has 0 saturated carbocycles. The number of thiophene rings is 1. The molecule has 15 heavy (non-hydrogen) atoms. The molecule has 0 aromatic carbocycles. The van der Waals surface area contributed by atoms with Crippen molar-refractivity contribution in [1.29, 1.82) is 0 Å². The first-order chi connectivity index (χ1) is 7.20. The molecule has 0 bridgehead atoms. The summed E-state index contributed by atoms with van der Waals surface area (Å²) in [7, 11) is 1.94. The smallest absolute Gasteiger partial charge is 0.264 e. The highest BCUT2D eigenvalue weighted by atomic mass is 79.9. The Balaban J connectivity index is 2.03. The fraction of sp³-hybridized carbons (Fsp3) is 0.500. The van der Waals surface area contributed by atoms with Crippen LogP contribution < -0.4 is 5.32 Å². The van der Waals surface area contributed by atoms with Gasteiger partial charge in [-0.1, -0.05) is 0 Å². The molecule has 1 aliphatic rings. The van der Waals surface area contributed by atoms with E-state index in [9.17, 15) is 4.79 Å². The van der Waals surface area contributed by atoms with Gasteiger partial charge in [-0.25, -0.2) is 0 Å². The monoisotopic (exact) mass is 288 g/mol. The molecule has 3 nitrogen and oxygen atoms in total. The van der Waals surface area contributed by atoms with Crippen LogP contribution in [0.5, 0.6) is 0 Å². The fourth-order valence-corrected chi connectivity index (χ4v) is 3.12. The summed E-state index contributed by atoms with van der Waals surface area (Å²) >= 11 is 4.87. The molecule has 1 aliphatic heterocycles. The summed E-state index contributed by atoms with van der Waals surface area (Å²) in [5.74, 6) is 0.156. The molecule has 1 fully saturated rings. The second-order valence-corrected chi connectivity index (χ2v) is 6.09. The van der Waals surface area contributed by atoms with E-state index in [0.29, 0.717) is 6.04 Å². The van der Waals surface area contributed by atoms with Crippen molar-refractivity contribution in [1.82, 2.24) is 10.2 Å². The third kappa shape index (κ3) is 2.41. The van der Waals surface area contributed by atoms with E-state index in [1.165, 1.54) is 11.3 Å². The van der Waals surface area contributed by atoms with Gasteiger partial charge < -0.3 is 10.2 Å². The molecule has 2 rings (SSSR count). The van der Waals surface area contributed by atoms with Crippen LogP contribution in [0.3, 0.4) is 0 Å².